The van der Waals surface area contributed by atoms with Gasteiger partial charge in [-0.2, -0.15) is 0 Å². The van der Waals surface area contributed by atoms with E-state index in [1.54, 1.807) is 0 Å². The fourth-order valence-corrected chi connectivity index (χ4v) is 2.61. The molecular weight excluding hydrogens is 304 g/mol. The number of terminal acetylenes is 1. The van der Waals surface area contributed by atoms with Crippen molar-refractivity contribution >= 4 is 11.6 Å². The number of halogens is 1. The van der Waals surface area contributed by atoms with Crippen LogP contribution < -0.4 is 4.74 Å². The molecular formula is C21H15ClO. The molecule has 3 aromatic rings. The molecule has 3 rings (SSSR count). The Labute approximate surface area is 141 Å². The van der Waals surface area contributed by atoms with Gasteiger partial charge in [0.05, 0.1) is 0 Å². The minimum Gasteiger partial charge on any atom is -0.488 e. The number of hydrogen-bond donors (Lipinski definition) is 0. The molecule has 1 nitrogen and oxygen atoms in total. The van der Waals surface area contributed by atoms with Crippen LogP contribution in [-0.4, -0.2) is 0 Å². The molecule has 0 heterocycles. The Hall–Kier alpha value is -2.69. The largest absolute Gasteiger partial charge is 0.488 e. The van der Waals surface area contributed by atoms with Crippen molar-refractivity contribution in [2.75, 3.05) is 0 Å². The lowest BCUT2D eigenvalue weighted by molar-refractivity contribution is 0.307. The normalized spacial score (nSPS) is 10.1. The third-order valence-electron chi connectivity index (χ3n) is 3.55. The number of ether oxygens (including phenoxy) is 1. The quantitative estimate of drug-likeness (QED) is 0.572. The van der Waals surface area contributed by atoms with Crippen molar-refractivity contribution in [2.45, 2.75) is 6.61 Å². The number of rotatable bonds is 4. The molecule has 112 valence electrons. The van der Waals surface area contributed by atoms with Crippen LogP contribution in [0.25, 0.3) is 11.1 Å². The Morgan fingerprint density at radius 1 is 0.870 bits per heavy atom. The number of hydrogen-bond acceptors (Lipinski definition) is 1. The number of benzene rings is 3. The summed E-state index contributed by atoms with van der Waals surface area (Å²) in [7, 11) is 0. The van der Waals surface area contributed by atoms with Gasteiger partial charge in [-0.05, 0) is 29.8 Å². The summed E-state index contributed by atoms with van der Waals surface area (Å²) in [5.41, 5.74) is 3.72. The van der Waals surface area contributed by atoms with Gasteiger partial charge in [-0.3, -0.25) is 0 Å². The molecule has 0 amide bonds. The molecule has 0 atom stereocenters. The maximum Gasteiger partial charge on any atom is 0.127 e. The molecule has 0 spiro atoms. The molecule has 0 unspecified atom stereocenters. The second kappa shape index (κ2) is 7.05. The summed E-state index contributed by atoms with van der Waals surface area (Å²) in [5.74, 6) is 3.42. The van der Waals surface area contributed by atoms with Gasteiger partial charge in [0.1, 0.15) is 12.4 Å². The van der Waals surface area contributed by atoms with Crippen LogP contribution in [0.4, 0.5) is 0 Å². The summed E-state index contributed by atoms with van der Waals surface area (Å²) in [6.45, 7) is 0.494. The van der Waals surface area contributed by atoms with Crippen LogP contribution in [-0.2, 0) is 6.61 Å². The minimum absolute atomic E-state index is 0.494. The van der Waals surface area contributed by atoms with Gasteiger partial charge in [0.15, 0.2) is 0 Å². The maximum absolute atomic E-state index is 6.34. The van der Waals surface area contributed by atoms with E-state index in [0.717, 1.165) is 28.0 Å². The zero-order valence-electron chi connectivity index (χ0n) is 12.5. The van der Waals surface area contributed by atoms with Crippen LogP contribution in [0.1, 0.15) is 11.1 Å². The third-order valence-corrected chi connectivity index (χ3v) is 3.88. The van der Waals surface area contributed by atoms with E-state index in [1.807, 2.05) is 72.8 Å². The smallest absolute Gasteiger partial charge is 0.127 e. The van der Waals surface area contributed by atoms with Crippen molar-refractivity contribution in [3.8, 4) is 29.2 Å². The van der Waals surface area contributed by atoms with Gasteiger partial charge in [-0.25, -0.2) is 0 Å². The van der Waals surface area contributed by atoms with Crippen LogP contribution in [0.15, 0.2) is 72.8 Å². The van der Waals surface area contributed by atoms with E-state index in [-0.39, 0.29) is 0 Å². The molecule has 0 aliphatic carbocycles. The van der Waals surface area contributed by atoms with E-state index in [4.69, 9.17) is 22.8 Å². The second-order valence-electron chi connectivity index (χ2n) is 5.11. The lowest BCUT2D eigenvalue weighted by Gasteiger charge is -2.13. The predicted octanol–water partition coefficient (Wildman–Crippen LogP) is 5.57. The van der Waals surface area contributed by atoms with E-state index in [0.29, 0.717) is 11.6 Å². The highest BCUT2D eigenvalue weighted by molar-refractivity contribution is 6.33. The van der Waals surface area contributed by atoms with Crippen molar-refractivity contribution < 1.29 is 4.74 Å². The predicted molar refractivity (Wildman–Crippen MR) is 95.6 cm³/mol. The van der Waals surface area contributed by atoms with Crippen LogP contribution in [0.2, 0.25) is 5.02 Å². The fraction of sp³-hybridized carbons (Fsp3) is 0.0476. The summed E-state index contributed by atoms with van der Waals surface area (Å²) in [6, 6.07) is 23.4. The Morgan fingerprint density at radius 2 is 1.61 bits per heavy atom. The van der Waals surface area contributed by atoms with Crippen LogP contribution in [0.5, 0.6) is 5.75 Å². The van der Waals surface area contributed by atoms with Gasteiger partial charge in [-0.1, -0.05) is 66.1 Å². The summed E-state index contributed by atoms with van der Waals surface area (Å²) >= 11 is 6.34. The first kappa shape index (κ1) is 15.2. The van der Waals surface area contributed by atoms with Crippen molar-refractivity contribution in [3.63, 3.8) is 0 Å². The van der Waals surface area contributed by atoms with E-state index in [9.17, 15) is 0 Å². The first-order valence-corrected chi connectivity index (χ1v) is 7.68. The Kier molecular flexibility index (Phi) is 4.66. The monoisotopic (exact) mass is 318 g/mol. The summed E-state index contributed by atoms with van der Waals surface area (Å²) in [4.78, 5) is 0. The molecule has 0 bridgehead atoms. The molecule has 0 N–H and O–H groups in total. The first-order valence-electron chi connectivity index (χ1n) is 7.30. The van der Waals surface area contributed by atoms with Crippen molar-refractivity contribution in [2.24, 2.45) is 0 Å². The average Bonchev–Trinajstić information content (AvgIpc) is 2.61. The zero-order valence-corrected chi connectivity index (χ0v) is 13.3. The molecule has 3 aromatic carbocycles. The molecule has 0 saturated heterocycles. The summed E-state index contributed by atoms with van der Waals surface area (Å²) in [5, 5.41) is 0.672. The van der Waals surface area contributed by atoms with Crippen molar-refractivity contribution in [1.82, 2.24) is 0 Å². The van der Waals surface area contributed by atoms with Gasteiger partial charge in [0, 0.05) is 21.7 Å². The SMILES string of the molecule is C#Cc1ccc(OCc2ccccc2)c(-c2ccccc2Cl)c1. The zero-order chi connectivity index (χ0) is 16.1. The van der Waals surface area contributed by atoms with Gasteiger partial charge in [0.25, 0.3) is 0 Å². The molecule has 2 heteroatoms. The van der Waals surface area contributed by atoms with Crippen LogP contribution in [0, 0.1) is 12.3 Å². The highest BCUT2D eigenvalue weighted by Crippen LogP contribution is 2.35. The van der Waals surface area contributed by atoms with Crippen molar-refractivity contribution in [3.05, 3.63) is 88.9 Å². The van der Waals surface area contributed by atoms with Crippen molar-refractivity contribution in [1.29, 1.82) is 0 Å². The Bertz CT molecular complexity index is 847. The van der Waals surface area contributed by atoms with Gasteiger partial charge in [-0.15, -0.1) is 6.42 Å². The third kappa shape index (κ3) is 3.56. The topological polar surface area (TPSA) is 9.23 Å². The summed E-state index contributed by atoms with van der Waals surface area (Å²) in [6.07, 6.45) is 5.53. The molecule has 0 saturated carbocycles. The Balaban J connectivity index is 1.97. The molecule has 0 radical (unpaired) electrons. The lowest BCUT2D eigenvalue weighted by atomic mass is 10.0. The standard InChI is InChI=1S/C21H15ClO/c1-2-16-12-13-21(23-15-17-8-4-3-5-9-17)19(14-16)18-10-6-7-11-20(18)22/h1,3-14H,15H2. The van der Waals surface area contributed by atoms with E-state index < -0.39 is 0 Å². The van der Waals surface area contributed by atoms with Gasteiger partial charge >= 0.3 is 0 Å². The van der Waals surface area contributed by atoms with Gasteiger partial charge in [0.2, 0.25) is 0 Å². The first-order chi connectivity index (χ1) is 11.3. The molecule has 0 aromatic heterocycles. The van der Waals surface area contributed by atoms with E-state index in [2.05, 4.69) is 5.92 Å². The molecule has 23 heavy (non-hydrogen) atoms. The van der Waals surface area contributed by atoms with E-state index >= 15 is 0 Å². The summed E-state index contributed by atoms with van der Waals surface area (Å²) < 4.78 is 6.00. The maximum atomic E-state index is 6.34. The lowest BCUT2D eigenvalue weighted by Crippen LogP contribution is -1.97. The van der Waals surface area contributed by atoms with Gasteiger partial charge < -0.3 is 4.74 Å². The highest BCUT2D eigenvalue weighted by Gasteiger charge is 2.10. The van der Waals surface area contributed by atoms with E-state index in [1.165, 1.54) is 0 Å². The van der Waals surface area contributed by atoms with Crippen LogP contribution in [0.3, 0.4) is 0 Å². The fourth-order valence-electron chi connectivity index (χ4n) is 2.37. The molecule has 0 aliphatic heterocycles. The molecule has 0 fully saturated rings. The Morgan fingerprint density at radius 3 is 2.35 bits per heavy atom. The van der Waals surface area contributed by atoms with Crippen LogP contribution >= 0.6 is 11.6 Å². The molecule has 0 aliphatic rings. The minimum atomic E-state index is 0.494. The average molecular weight is 319 g/mol. The highest BCUT2D eigenvalue weighted by atomic mass is 35.5. The second-order valence-corrected chi connectivity index (χ2v) is 5.52.